The molecule has 4 heteroatoms. The highest BCUT2D eigenvalue weighted by Crippen LogP contribution is 2.67. The van der Waals surface area contributed by atoms with Crippen molar-refractivity contribution in [2.75, 3.05) is 13.2 Å². The van der Waals surface area contributed by atoms with Crippen molar-refractivity contribution in [2.24, 2.45) is 46.3 Å². The first-order valence-electron chi connectivity index (χ1n) is 14.9. The van der Waals surface area contributed by atoms with Gasteiger partial charge >= 0.3 is 6.16 Å². The van der Waals surface area contributed by atoms with Gasteiger partial charge in [0.15, 0.2) is 0 Å². The van der Waals surface area contributed by atoms with Crippen molar-refractivity contribution in [3.63, 3.8) is 0 Å². The molecule has 36 heavy (non-hydrogen) atoms. The van der Waals surface area contributed by atoms with Gasteiger partial charge in [-0.05, 0) is 91.3 Å². The van der Waals surface area contributed by atoms with Gasteiger partial charge in [0.1, 0.15) is 19.3 Å². The third-order valence-electron chi connectivity index (χ3n) is 11.1. The zero-order valence-electron chi connectivity index (χ0n) is 23.7. The Morgan fingerprint density at radius 1 is 1.08 bits per heavy atom. The van der Waals surface area contributed by atoms with Gasteiger partial charge < -0.3 is 14.2 Å². The lowest BCUT2D eigenvalue weighted by Gasteiger charge is -2.58. The van der Waals surface area contributed by atoms with Crippen LogP contribution < -0.4 is 0 Å². The summed E-state index contributed by atoms with van der Waals surface area (Å²) in [4.78, 5) is 12.1. The number of carbonyl (C=O) groups is 1. The molecule has 4 rings (SSSR count). The van der Waals surface area contributed by atoms with Crippen LogP contribution in [0.4, 0.5) is 4.79 Å². The summed E-state index contributed by atoms with van der Waals surface area (Å²) in [7, 11) is 0. The standard InChI is InChI=1S/C32H52O4/c1-7-34-19-20-35-30(33)36-25-15-17-31(5)24(21-25)11-12-26-28-14-13-27(23(4)10-8-9-22(2)3)32(28,6)18-16-29(26)31/h7,11,22-23,25-29H,1,8-10,12-21H2,2-6H3/t23-,25+,26+,27-,28+,29+,31+,32-/m1/s1. The third-order valence-corrected chi connectivity index (χ3v) is 11.1. The van der Waals surface area contributed by atoms with Crippen LogP contribution in [0.25, 0.3) is 0 Å². The van der Waals surface area contributed by atoms with E-state index in [2.05, 4.69) is 47.3 Å². The van der Waals surface area contributed by atoms with E-state index in [0.29, 0.717) is 12.0 Å². The van der Waals surface area contributed by atoms with Crippen molar-refractivity contribution in [3.8, 4) is 0 Å². The van der Waals surface area contributed by atoms with E-state index >= 15 is 0 Å². The van der Waals surface area contributed by atoms with Crippen molar-refractivity contribution in [1.82, 2.24) is 0 Å². The Bertz CT molecular complexity index is 802. The van der Waals surface area contributed by atoms with Gasteiger partial charge in [0.2, 0.25) is 0 Å². The smallest absolute Gasteiger partial charge is 0.498 e. The lowest BCUT2D eigenvalue weighted by molar-refractivity contribution is -0.0621. The molecule has 0 aromatic carbocycles. The first kappa shape index (κ1) is 27.6. The highest BCUT2D eigenvalue weighted by molar-refractivity contribution is 5.60. The second kappa shape index (κ2) is 11.5. The second-order valence-electron chi connectivity index (χ2n) is 13.4. The maximum absolute atomic E-state index is 12.1. The molecule has 0 heterocycles. The molecule has 0 amide bonds. The maximum Gasteiger partial charge on any atom is 0.508 e. The summed E-state index contributed by atoms with van der Waals surface area (Å²) in [6.45, 7) is 16.5. The van der Waals surface area contributed by atoms with Crippen molar-refractivity contribution in [3.05, 3.63) is 24.5 Å². The fourth-order valence-corrected chi connectivity index (χ4v) is 9.18. The van der Waals surface area contributed by atoms with Crippen LogP contribution in [0.5, 0.6) is 0 Å². The second-order valence-corrected chi connectivity index (χ2v) is 13.4. The normalized spacial score (nSPS) is 38.3. The van der Waals surface area contributed by atoms with Gasteiger partial charge in [-0.1, -0.05) is 72.1 Å². The molecule has 0 aromatic heterocycles. The van der Waals surface area contributed by atoms with E-state index in [4.69, 9.17) is 14.2 Å². The van der Waals surface area contributed by atoms with Gasteiger partial charge in [0.05, 0.1) is 6.26 Å². The minimum Gasteiger partial charge on any atom is -0.498 e. The number of fused-ring (bicyclic) bond motifs is 5. The van der Waals surface area contributed by atoms with Gasteiger partial charge in [-0.3, -0.25) is 0 Å². The number of hydrogen-bond donors (Lipinski definition) is 0. The highest BCUT2D eigenvalue weighted by Gasteiger charge is 2.59. The summed E-state index contributed by atoms with van der Waals surface area (Å²) in [5.41, 5.74) is 2.34. The van der Waals surface area contributed by atoms with E-state index < -0.39 is 6.16 Å². The maximum atomic E-state index is 12.1. The number of ether oxygens (including phenoxy) is 3. The summed E-state index contributed by atoms with van der Waals surface area (Å²) in [5, 5.41) is 0. The summed E-state index contributed by atoms with van der Waals surface area (Å²) >= 11 is 0. The van der Waals surface area contributed by atoms with Crippen molar-refractivity contribution in [2.45, 2.75) is 111 Å². The van der Waals surface area contributed by atoms with Crippen LogP contribution in [0, 0.1) is 46.3 Å². The molecule has 0 unspecified atom stereocenters. The first-order valence-corrected chi connectivity index (χ1v) is 14.9. The lowest BCUT2D eigenvalue weighted by atomic mass is 9.47. The van der Waals surface area contributed by atoms with E-state index in [0.717, 1.165) is 54.8 Å². The van der Waals surface area contributed by atoms with E-state index in [1.54, 1.807) is 5.57 Å². The quantitative estimate of drug-likeness (QED) is 0.130. The van der Waals surface area contributed by atoms with Crippen molar-refractivity contribution in [1.29, 1.82) is 0 Å². The summed E-state index contributed by atoms with van der Waals surface area (Å²) < 4.78 is 15.9. The predicted octanol–water partition coefficient (Wildman–Crippen LogP) is 8.71. The largest absolute Gasteiger partial charge is 0.508 e. The Labute approximate surface area is 220 Å². The van der Waals surface area contributed by atoms with Crippen LogP contribution >= 0.6 is 0 Å². The minimum absolute atomic E-state index is 0.0647. The molecule has 0 radical (unpaired) electrons. The zero-order valence-corrected chi connectivity index (χ0v) is 23.7. The molecule has 4 nitrogen and oxygen atoms in total. The molecule has 4 aliphatic carbocycles. The van der Waals surface area contributed by atoms with Crippen molar-refractivity contribution >= 4 is 6.16 Å². The fraction of sp³-hybridized carbons (Fsp3) is 0.844. The molecule has 4 aliphatic rings. The lowest BCUT2D eigenvalue weighted by Crippen LogP contribution is -2.51. The van der Waals surface area contributed by atoms with Crippen LogP contribution in [0.2, 0.25) is 0 Å². The first-order chi connectivity index (χ1) is 17.2. The van der Waals surface area contributed by atoms with Crippen LogP contribution in [-0.4, -0.2) is 25.5 Å². The molecule has 0 saturated heterocycles. The van der Waals surface area contributed by atoms with E-state index in [9.17, 15) is 4.79 Å². The monoisotopic (exact) mass is 500 g/mol. The van der Waals surface area contributed by atoms with Gasteiger partial charge in [-0.2, -0.15) is 0 Å². The van der Waals surface area contributed by atoms with Crippen LogP contribution in [0.1, 0.15) is 105 Å². The molecule has 0 bridgehead atoms. The Morgan fingerprint density at radius 3 is 2.64 bits per heavy atom. The highest BCUT2D eigenvalue weighted by atomic mass is 16.7. The van der Waals surface area contributed by atoms with Crippen molar-refractivity contribution < 1.29 is 19.0 Å². The topological polar surface area (TPSA) is 44.8 Å². The molecule has 0 N–H and O–H groups in total. The number of rotatable bonds is 10. The Balaban J connectivity index is 1.37. The summed E-state index contributed by atoms with van der Waals surface area (Å²) in [5.74, 6) is 5.08. The van der Waals surface area contributed by atoms with E-state index in [1.807, 2.05) is 0 Å². The predicted molar refractivity (Wildman–Crippen MR) is 145 cm³/mol. The molecule has 0 spiro atoms. The molecular formula is C32H52O4. The zero-order chi connectivity index (χ0) is 25.9. The minimum atomic E-state index is -0.571. The Hall–Kier alpha value is -1.45. The molecule has 3 fully saturated rings. The van der Waals surface area contributed by atoms with Crippen LogP contribution in [0.15, 0.2) is 24.5 Å². The van der Waals surface area contributed by atoms with Gasteiger partial charge in [0, 0.05) is 6.42 Å². The molecular weight excluding hydrogens is 448 g/mol. The van der Waals surface area contributed by atoms with Crippen LogP contribution in [-0.2, 0) is 14.2 Å². The molecule has 3 saturated carbocycles. The van der Waals surface area contributed by atoms with E-state index in [-0.39, 0.29) is 18.1 Å². The van der Waals surface area contributed by atoms with Gasteiger partial charge in [-0.15, -0.1) is 0 Å². The Morgan fingerprint density at radius 2 is 1.89 bits per heavy atom. The average molecular weight is 501 g/mol. The van der Waals surface area contributed by atoms with Gasteiger partial charge in [-0.25, -0.2) is 4.79 Å². The fourth-order valence-electron chi connectivity index (χ4n) is 9.18. The molecule has 8 atom stereocenters. The molecule has 0 aromatic rings. The van der Waals surface area contributed by atoms with E-state index in [1.165, 1.54) is 57.6 Å². The number of carbonyl (C=O) groups excluding carboxylic acids is 1. The molecule has 204 valence electrons. The summed E-state index contributed by atoms with van der Waals surface area (Å²) in [6, 6.07) is 0. The van der Waals surface area contributed by atoms with Crippen LogP contribution in [0.3, 0.4) is 0 Å². The third kappa shape index (κ3) is 5.53. The number of hydrogen-bond acceptors (Lipinski definition) is 4. The summed E-state index contributed by atoms with van der Waals surface area (Å²) in [6.07, 6.45) is 17.3. The SMILES string of the molecule is C=COCCOC(=O)O[C@H]1CC[C@@]2(C)C(=CC[C@H]3[C@@H]4CC[C@H]([C@H](C)CCCC(C)C)[C@@]4(C)CC[C@@H]32)C1. The number of allylic oxidation sites excluding steroid dienone is 1. The average Bonchev–Trinajstić information content (AvgIpc) is 3.19. The molecule has 0 aliphatic heterocycles. The van der Waals surface area contributed by atoms with Gasteiger partial charge in [0.25, 0.3) is 0 Å². The Kier molecular flexibility index (Phi) is 8.83.